The Bertz CT molecular complexity index is 1170. The smallest absolute Gasteiger partial charge is 0.174 e. The molecule has 4 aromatic rings. The Balaban J connectivity index is 1.81. The fourth-order valence-electron chi connectivity index (χ4n) is 4.12. The Kier molecular flexibility index (Phi) is 7.01. The Labute approximate surface area is 193 Å². The van der Waals surface area contributed by atoms with Crippen LogP contribution < -0.4 is 0 Å². The zero-order valence-corrected chi connectivity index (χ0v) is 18.1. The van der Waals surface area contributed by atoms with Gasteiger partial charge < -0.3 is 0 Å². The summed E-state index contributed by atoms with van der Waals surface area (Å²) in [4.78, 5) is 40.7. The molecular weight excluding hydrogens is 408 g/mol. The summed E-state index contributed by atoms with van der Waals surface area (Å²) in [5.41, 5.74) is 2.27. The molecule has 4 aromatic carbocycles. The van der Waals surface area contributed by atoms with Crippen LogP contribution in [-0.2, 0) is 0 Å². The molecule has 3 heteroatoms. The molecule has 33 heavy (non-hydrogen) atoms. The average Bonchev–Trinajstić information content (AvgIpc) is 2.90. The molecule has 0 bridgehead atoms. The Morgan fingerprint density at radius 2 is 0.848 bits per heavy atom. The van der Waals surface area contributed by atoms with Crippen LogP contribution in [0.2, 0.25) is 0 Å². The molecule has 0 saturated heterocycles. The lowest BCUT2D eigenvalue weighted by Crippen LogP contribution is -2.32. The molecule has 0 amide bonds. The van der Waals surface area contributed by atoms with Crippen LogP contribution in [0.5, 0.6) is 0 Å². The first-order chi connectivity index (χ1) is 16.1. The van der Waals surface area contributed by atoms with Crippen molar-refractivity contribution in [3.63, 3.8) is 0 Å². The van der Waals surface area contributed by atoms with E-state index in [1.54, 1.807) is 60.7 Å². The van der Waals surface area contributed by atoms with Gasteiger partial charge in [-0.2, -0.15) is 0 Å². The maximum absolute atomic E-state index is 13.8. The molecule has 0 heterocycles. The quantitative estimate of drug-likeness (QED) is 0.226. The van der Waals surface area contributed by atoms with Gasteiger partial charge in [-0.05, 0) is 5.56 Å². The number of hydrogen-bond donors (Lipinski definition) is 0. The Morgan fingerprint density at radius 3 is 1.27 bits per heavy atom. The first-order valence-corrected chi connectivity index (χ1v) is 11.0. The molecule has 0 radical (unpaired) electrons. The third kappa shape index (κ3) is 5.21. The molecule has 1 unspecified atom stereocenters. The van der Waals surface area contributed by atoms with E-state index in [0.717, 1.165) is 5.56 Å². The minimum atomic E-state index is -1.02. The normalized spacial score (nSPS) is 11.7. The third-order valence-corrected chi connectivity index (χ3v) is 5.81. The highest BCUT2D eigenvalue weighted by atomic mass is 16.2. The number of rotatable bonds is 9. The first-order valence-electron chi connectivity index (χ1n) is 11.0. The van der Waals surface area contributed by atoms with E-state index in [2.05, 4.69) is 0 Å². The van der Waals surface area contributed by atoms with Gasteiger partial charge in [0.25, 0.3) is 0 Å². The summed E-state index contributed by atoms with van der Waals surface area (Å²) in [5, 5.41) is 0. The van der Waals surface area contributed by atoms with E-state index in [-0.39, 0.29) is 23.8 Å². The van der Waals surface area contributed by atoms with Crippen LogP contribution in [0, 0.1) is 5.92 Å². The van der Waals surface area contributed by atoms with E-state index >= 15 is 0 Å². The van der Waals surface area contributed by atoms with E-state index in [9.17, 15) is 14.4 Å². The largest absolute Gasteiger partial charge is 0.294 e. The first kappa shape index (κ1) is 22.1. The minimum Gasteiger partial charge on any atom is -0.294 e. The van der Waals surface area contributed by atoms with E-state index in [1.165, 1.54) is 0 Å². The molecule has 162 valence electrons. The van der Waals surface area contributed by atoms with Crippen molar-refractivity contribution in [1.82, 2.24) is 0 Å². The van der Waals surface area contributed by atoms with Crippen LogP contribution in [-0.4, -0.2) is 17.3 Å². The van der Waals surface area contributed by atoms with Crippen molar-refractivity contribution < 1.29 is 14.4 Å². The van der Waals surface area contributed by atoms with Crippen molar-refractivity contribution in [2.24, 2.45) is 5.92 Å². The standard InChI is InChI=1S/C30H24O3/c31-27(23-15-7-2-8-16-23)21-26(22-13-5-1-6-14-22)28(29(32)24-17-9-3-10-18-24)30(33)25-19-11-4-12-20-25/h1-20,26,28H,21H2. The van der Waals surface area contributed by atoms with Gasteiger partial charge >= 0.3 is 0 Å². The molecule has 0 saturated carbocycles. The van der Waals surface area contributed by atoms with Gasteiger partial charge in [0.1, 0.15) is 0 Å². The molecule has 0 aromatic heterocycles. The van der Waals surface area contributed by atoms with E-state index < -0.39 is 11.8 Å². The summed E-state index contributed by atoms with van der Waals surface area (Å²) in [6.45, 7) is 0. The van der Waals surface area contributed by atoms with Gasteiger partial charge in [-0.25, -0.2) is 0 Å². The van der Waals surface area contributed by atoms with Gasteiger partial charge in [-0.15, -0.1) is 0 Å². The number of hydrogen-bond acceptors (Lipinski definition) is 3. The van der Waals surface area contributed by atoms with E-state index in [4.69, 9.17) is 0 Å². The summed E-state index contributed by atoms with van der Waals surface area (Å²) in [5.74, 6) is -2.28. The van der Waals surface area contributed by atoms with Crippen LogP contribution in [0.15, 0.2) is 121 Å². The topological polar surface area (TPSA) is 51.2 Å². The van der Waals surface area contributed by atoms with E-state index in [1.807, 2.05) is 60.7 Å². The van der Waals surface area contributed by atoms with Crippen LogP contribution in [0.25, 0.3) is 0 Å². The summed E-state index contributed by atoms with van der Waals surface area (Å²) >= 11 is 0. The predicted octanol–water partition coefficient (Wildman–Crippen LogP) is 6.43. The second-order valence-electron chi connectivity index (χ2n) is 7.95. The fourth-order valence-corrected chi connectivity index (χ4v) is 4.12. The number of Topliss-reactive ketones (excluding diaryl/α,β-unsaturated/α-hetero) is 3. The molecule has 0 fully saturated rings. The SMILES string of the molecule is O=C(CC(c1ccccc1)C(C(=O)c1ccccc1)C(=O)c1ccccc1)c1ccccc1. The highest BCUT2D eigenvalue weighted by molar-refractivity contribution is 6.17. The molecule has 0 aliphatic carbocycles. The highest BCUT2D eigenvalue weighted by Crippen LogP contribution is 2.34. The molecule has 0 spiro atoms. The van der Waals surface area contributed by atoms with Gasteiger partial charge in [0.2, 0.25) is 0 Å². The molecule has 0 aliphatic rings. The third-order valence-electron chi connectivity index (χ3n) is 5.81. The van der Waals surface area contributed by atoms with Crippen LogP contribution >= 0.6 is 0 Å². The summed E-state index contributed by atoms with van der Waals surface area (Å²) in [6.07, 6.45) is 0.0514. The predicted molar refractivity (Wildman–Crippen MR) is 130 cm³/mol. The van der Waals surface area contributed by atoms with Crippen LogP contribution in [0.4, 0.5) is 0 Å². The van der Waals surface area contributed by atoms with Crippen molar-refractivity contribution in [2.45, 2.75) is 12.3 Å². The van der Waals surface area contributed by atoms with Gasteiger partial charge in [0, 0.05) is 29.0 Å². The second-order valence-corrected chi connectivity index (χ2v) is 7.95. The van der Waals surface area contributed by atoms with Gasteiger partial charge in [0.15, 0.2) is 17.3 Å². The maximum atomic E-state index is 13.8. The minimum absolute atomic E-state index is 0.0514. The van der Waals surface area contributed by atoms with Crippen molar-refractivity contribution in [3.8, 4) is 0 Å². The van der Waals surface area contributed by atoms with Crippen molar-refractivity contribution in [2.75, 3.05) is 0 Å². The molecule has 4 rings (SSSR count). The molecular formula is C30H24O3. The summed E-state index contributed by atoms with van der Waals surface area (Å²) < 4.78 is 0. The van der Waals surface area contributed by atoms with Crippen LogP contribution in [0.3, 0.4) is 0 Å². The zero-order chi connectivity index (χ0) is 23.0. The second kappa shape index (κ2) is 10.5. The van der Waals surface area contributed by atoms with Crippen molar-refractivity contribution >= 4 is 17.3 Å². The summed E-state index contributed by atoms with van der Waals surface area (Å²) in [6, 6.07) is 36.0. The van der Waals surface area contributed by atoms with Crippen LogP contribution in [0.1, 0.15) is 49.0 Å². The Morgan fingerprint density at radius 1 is 0.485 bits per heavy atom. The van der Waals surface area contributed by atoms with Crippen molar-refractivity contribution in [1.29, 1.82) is 0 Å². The Hall–Kier alpha value is -4.11. The van der Waals surface area contributed by atoms with Gasteiger partial charge in [-0.1, -0.05) is 121 Å². The molecule has 1 atom stereocenters. The number of ketones is 3. The highest BCUT2D eigenvalue weighted by Gasteiger charge is 2.37. The average molecular weight is 433 g/mol. The van der Waals surface area contributed by atoms with Gasteiger partial charge in [-0.3, -0.25) is 14.4 Å². The lowest BCUT2D eigenvalue weighted by atomic mass is 9.74. The van der Waals surface area contributed by atoms with Gasteiger partial charge in [0.05, 0.1) is 5.92 Å². The van der Waals surface area contributed by atoms with Crippen molar-refractivity contribution in [3.05, 3.63) is 144 Å². The maximum Gasteiger partial charge on any atom is 0.174 e. The number of carbonyl (C=O) groups is 3. The zero-order valence-electron chi connectivity index (χ0n) is 18.1. The fraction of sp³-hybridized carbons (Fsp3) is 0.100. The number of carbonyl (C=O) groups excluding carboxylic acids is 3. The summed E-state index contributed by atoms with van der Waals surface area (Å²) in [7, 11) is 0. The number of benzene rings is 4. The lowest BCUT2D eigenvalue weighted by molar-refractivity contribution is 0.0772. The lowest BCUT2D eigenvalue weighted by Gasteiger charge is -2.26. The molecule has 0 N–H and O–H groups in total. The molecule has 3 nitrogen and oxygen atoms in total. The van der Waals surface area contributed by atoms with E-state index in [0.29, 0.717) is 16.7 Å². The molecule has 0 aliphatic heterocycles. The monoisotopic (exact) mass is 432 g/mol.